The smallest absolute Gasteiger partial charge is 0.251 e. The number of aromatic nitrogens is 2. The zero-order chi connectivity index (χ0) is 19.6. The van der Waals surface area contributed by atoms with Gasteiger partial charge in [0, 0.05) is 24.8 Å². The predicted octanol–water partition coefficient (Wildman–Crippen LogP) is 3.21. The van der Waals surface area contributed by atoms with Crippen molar-refractivity contribution in [3.63, 3.8) is 0 Å². The summed E-state index contributed by atoms with van der Waals surface area (Å²) in [4.78, 5) is 12.6. The number of carbonyl (C=O) groups is 1. The second-order valence-electron chi connectivity index (χ2n) is 5.99. The number of rotatable bonds is 11. The molecule has 1 heterocycles. The lowest BCUT2D eigenvalue weighted by Crippen LogP contribution is -2.25. The number of hydrogen-bond acceptors (Lipinski definition) is 5. The normalized spacial score (nSPS) is 10.5. The molecule has 0 fully saturated rings. The lowest BCUT2D eigenvalue weighted by molar-refractivity contribution is 0.0951. The molecule has 1 amide bonds. The second kappa shape index (κ2) is 10.4. The number of hydrogen-bond donors (Lipinski definition) is 1. The van der Waals surface area contributed by atoms with Crippen LogP contribution in [0.3, 0.4) is 0 Å². The largest absolute Gasteiger partial charge is 0.490 e. The van der Waals surface area contributed by atoms with E-state index in [-0.39, 0.29) is 5.91 Å². The Morgan fingerprint density at radius 3 is 2.22 bits per heavy atom. The Balaban J connectivity index is 2.04. The first-order valence-corrected chi connectivity index (χ1v) is 9.42. The fourth-order valence-corrected chi connectivity index (χ4v) is 2.65. The summed E-state index contributed by atoms with van der Waals surface area (Å²) in [5, 5.41) is 7.17. The van der Waals surface area contributed by atoms with Crippen molar-refractivity contribution < 1.29 is 19.0 Å². The van der Waals surface area contributed by atoms with Gasteiger partial charge in [0.05, 0.1) is 26.0 Å². The van der Waals surface area contributed by atoms with Crippen LogP contribution in [0.2, 0.25) is 0 Å². The van der Waals surface area contributed by atoms with Crippen LogP contribution in [0.1, 0.15) is 43.1 Å². The van der Waals surface area contributed by atoms with Crippen molar-refractivity contribution in [1.82, 2.24) is 15.1 Å². The number of nitrogens with one attached hydrogen (secondary N) is 1. The quantitative estimate of drug-likeness (QED) is 0.611. The highest BCUT2D eigenvalue weighted by Gasteiger charge is 2.18. The Bertz CT molecular complexity index is 716. The standard InChI is InChI=1S/C20H29N3O4/c1-5-25-17-11-16(12-18(26-6-2)19(17)27-7-3)20(24)21-9-8-10-23-14-15(4)13-22-23/h11-14H,5-10H2,1-4H3,(H,21,24). The second-order valence-corrected chi connectivity index (χ2v) is 5.99. The van der Waals surface area contributed by atoms with Crippen molar-refractivity contribution in [3.8, 4) is 17.2 Å². The van der Waals surface area contributed by atoms with Gasteiger partial charge in [-0.25, -0.2) is 0 Å². The SMILES string of the molecule is CCOc1cc(C(=O)NCCCn2cc(C)cn2)cc(OCC)c1OCC. The molecular formula is C20H29N3O4. The third-order valence-electron chi connectivity index (χ3n) is 3.78. The summed E-state index contributed by atoms with van der Waals surface area (Å²) in [5.74, 6) is 1.40. The molecule has 0 unspecified atom stereocenters. The van der Waals surface area contributed by atoms with Crippen molar-refractivity contribution >= 4 is 5.91 Å². The minimum absolute atomic E-state index is 0.170. The van der Waals surface area contributed by atoms with Crippen LogP contribution in [0.5, 0.6) is 17.2 Å². The monoisotopic (exact) mass is 375 g/mol. The highest BCUT2D eigenvalue weighted by Crippen LogP contribution is 2.39. The molecule has 0 aliphatic rings. The van der Waals surface area contributed by atoms with Gasteiger partial charge in [-0.15, -0.1) is 0 Å². The van der Waals surface area contributed by atoms with Crippen LogP contribution in [-0.4, -0.2) is 42.1 Å². The Labute approximate surface area is 160 Å². The molecule has 0 saturated heterocycles. The molecule has 27 heavy (non-hydrogen) atoms. The van der Waals surface area contributed by atoms with Gasteiger partial charge in [0.1, 0.15) is 0 Å². The molecule has 0 aliphatic heterocycles. The number of nitrogens with zero attached hydrogens (tertiary/aromatic N) is 2. The van der Waals surface area contributed by atoms with Crippen LogP contribution in [0.25, 0.3) is 0 Å². The van der Waals surface area contributed by atoms with E-state index in [4.69, 9.17) is 14.2 Å². The molecular weight excluding hydrogens is 346 g/mol. The van der Waals surface area contributed by atoms with Gasteiger partial charge in [-0.05, 0) is 51.8 Å². The molecule has 1 N–H and O–H groups in total. The topological polar surface area (TPSA) is 74.6 Å². The summed E-state index contributed by atoms with van der Waals surface area (Å²) in [6.45, 7) is 10.4. The van der Waals surface area contributed by atoms with E-state index in [2.05, 4.69) is 10.4 Å². The molecule has 0 bridgehead atoms. The first kappa shape index (κ1) is 20.6. The summed E-state index contributed by atoms with van der Waals surface area (Å²) in [6, 6.07) is 3.40. The van der Waals surface area contributed by atoms with Crippen molar-refractivity contribution in [3.05, 3.63) is 35.7 Å². The van der Waals surface area contributed by atoms with Crippen LogP contribution in [0.15, 0.2) is 24.5 Å². The van der Waals surface area contributed by atoms with Gasteiger partial charge in [0.15, 0.2) is 11.5 Å². The minimum atomic E-state index is -0.170. The predicted molar refractivity (Wildman–Crippen MR) is 104 cm³/mol. The average Bonchev–Trinajstić information content (AvgIpc) is 3.06. The highest BCUT2D eigenvalue weighted by atomic mass is 16.5. The zero-order valence-corrected chi connectivity index (χ0v) is 16.6. The summed E-state index contributed by atoms with van der Waals surface area (Å²) >= 11 is 0. The highest BCUT2D eigenvalue weighted by molar-refractivity contribution is 5.95. The van der Waals surface area contributed by atoms with Gasteiger partial charge in [-0.1, -0.05) is 0 Å². The number of carbonyl (C=O) groups excluding carboxylic acids is 1. The van der Waals surface area contributed by atoms with Crippen molar-refractivity contribution in [2.24, 2.45) is 0 Å². The van der Waals surface area contributed by atoms with Gasteiger partial charge in [0.25, 0.3) is 5.91 Å². The number of benzene rings is 1. The van der Waals surface area contributed by atoms with Gasteiger partial charge < -0.3 is 19.5 Å². The van der Waals surface area contributed by atoms with E-state index in [1.54, 1.807) is 12.1 Å². The zero-order valence-electron chi connectivity index (χ0n) is 16.6. The van der Waals surface area contributed by atoms with E-state index >= 15 is 0 Å². The lowest BCUT2D eigenvalue weighted by atomic mass is 10.1. The third-order valence-corrected chi connectivity index (χ3v) is 3.78. The minimum Gasteiger partial charge on any atom is -0.490 e. The maximum Gasteiger partial charge on any atom is 0.251 e. The van der Waals surface area contributed by atoms with E-state index in [0.29, 0.717) is 49.2 Å². The van der Waals surface area contributed by atoms with Crippen LogP contribution in [0, 0.1) is 6.92 Å². The van der Waals surface area contributed by atoms with Crippen LogP contribution in [-0.2, 0) is 6.54 Å². The molecule has 0 aliphatic carbocycles. The Morgan fingerprint density at radius 2 is 1.70 bits per heavy atom. The third kappa shape index (κ3) is 5.91. The van der Waals surface area contributed by atoms with Gasteiger partial charge in [0.2, 0.25) is 5.75 Å². The lowest BCUT2D eigenvalue weighted by Gasteiger charge is -2.17. The molecule has 7 nitrogen and oxygen atoms in total. The molecule has 0 spiro atoms. The van der Waals surface area contributed by atoms with Gasteiger partial charge >= 0.3 is 0 Å². The molecule has 1 aromatic carbocycles. The Hall–Kier alpha value is -2.70. The van der Waals surface area contributed by atoms with Gasteiger partial charge in [-0.3, -0.25) is 9.48 Å². The number of aryl methyl sites for hydroxylation is 2. The molecule has 0 saturated carbocycles. The summed E-state index contributed by atoms with van der Waals surface area (Å²) in [5.41, 5.74) is 1.61. The average molecular weight is 375 g/mol. The maximum absolute atomic E-state index is 12.6. The number of amides is 1. The molecule has 2 rings (SSSR count). The van der Waals surface area contributed by atoms with Crippen molar-refractivity contribution in [1.29, 1.82) is 0 Å². The molecule has 7 heteroatoms. The fourth-order valence-electron chi connectivity index (χ4n) is 2.65. The summed E-state index contributed by atoms with van der Waals surface area (Å²) in [7, 11) is 0. The molecule has 0 atom stereocenters. The van der Waals surface area contributed by atoms with Crippen LogP contribution in [0.4, 0.5) is 0 Å². The Morgan fingerprint density at radius 1 is 1.07 bits per heavy atom. The summed E-state index contributed by atoms with van der Waals surface area (Å²) in [6.07, 6.45) is 4.60. The van der Waals surface area contributed by atoms with E-state index in [1.807, 2.05) is 44.8 Å². The Kier molecular flexibility index (Phi) is 7.98. The van der Waals surface area contributed by atoms with E-state index < -0.39 is 0 Å². The summed E-state index contributed by atoms with van der Waals surface area (Å²) < 4.78 is 18.9. The van der Waals surface area contributed by atoms with Crippen LogP contribution < -0.4 is 19.5 Å². The van der Waals surface area contributed by atoms with E-state index in [9.17, 15) is 4.79 Å². The van der Waals surface area contributed by atoms with Crippen molar-refractivity contribution in [2.45, 2.75) is 40.7 Å². The molecule has 0 radical (unpaired) electrons. The first-order valence-electron chi connectivity index (χ1n) is 9.42. The molecule has 1 aromatic heterocycles. The first-order chi connectivity index (χ1) is 13.1. The number of ether oxygens (including phenoxy) is 3. The molecule has 148 valence electrons. The van der Waals surface area contributed by atoms with E-state index in [0.717, 1.165) is 18.5 Å². The maximum atomic E-state index is 12.6. The fraction of sp³-hybridized carbons (Fsp3) is 0.500. The van der Waals surface area contributed by atoms with E-state index in [1.165, 1.54) is 0 Å². The van der Waals surface area contributed by atoms with Crippen molar-refractivity contribution in [2.75, 3.05) is 26.4 Å². The van der Waals surface area contributed by atoms with Crippen LogP contribution >= 0.6 is 0 Å². The molecule has 2 aromatic rings. The van der Waals surface area contributed by atoms with Gasteiger partial charge in [-0.2, -0.15) is 5.10 Å².